The summed E-state index contributed by atoms with van der Waals surface area (Å²) in [5.41, 5.74) is -0.493. The van der Waals surface area contributed by atoms with Gasteiger partial charge in [-0.2, -0.15) is 0 Å². The van der Waals surface area contributed by atoms with Gasteiger partial charge in [0.1, 0.15) is 5.60 Å². The minimum Gasteiger partial charge on any atom is -0.456 e. The second-order valence-corrected chi connectivity index (χ2v) is 10.6. The minimum atomic E-state index is -2.31. The van der Waals surface area contributed by atoms with Crippen molar-refractivity contribution in [1.29, 1.82) is 0 Å². The number of esters is 1. The lowest BCUT2D eigenvalue weighted by Crippen LogP contribution is -2.32. The summed E-state index contributed by atoms with van der Waals surface area (Å²) in [6.45, 7) is 3.63. The zero-order chi connectivity index (χ0) is 20.0. The van der Waals surface area contributed by atoms with Crippen molar-refractivity contribution in [2.24, 2.45) is 0 Å². The predicted octanol–water partition coefficient (Wildman–Crippen LogP) is 4.51. The molecular formula is C25H27O2P. The Balaban J connectivity index is 2.32. The summed E-state index contributed by atoms with van der Waals surface area (Å²) in [6, 6.07) is 30.9. The number of benzene rings is 3. The van der Waals surface area contributed by atoms with Gasteiger partial charge in [0.2, 0.25) is 0 Å². The van der Waals surface area contributed by atoms with Crippen LogP contribution in [0.4, 0.5) is 0 Å². The van der Waals surface area contributed by atoms with Gasteiger partial charge in [-0.1, -0.05) is 97.9 Å². The Morgan fingerprint density at radius 3 is 1.46 bits per heavy atom. The molecule has 2 nitrogen and oxygen atoms in total. The first-order chi connectivity index (χ1) is 13.5. The topological polar surface area (TPSA) is 26.3 Å². The first-order valence-electron chi connectivity index (χ1n) is 9.62. The van der Waals surface area contributed by atoms with E-state index in [1.807, 2.05) is 81.2 Å². The molecule has 0 heterocycles. The van der Waals surface area contributed by atoms with Crippen LogP contribution in [0.3, 0.4) is 0 Å². The predicted molar refractivity (Wildman–Crippen MR) is 122 cm³/mol. The molecule has 0 saturated carbocycles. The van der Waals surface area contributed by atoms with E-state index in [4.69, 9.17) is 4.74 Å². The molecule has 3 aromatic carbocycles. The molecule has 0 saturated heterocycles. The molecule has 28 heavy (non-hydrogen) atoms. The lowest BCUT2D eigenvalue weighted by atomic mass is 10.1. The van der Waals surface area contributed by atoms with Crippen LogP contribution < -0.4 is 15.9 Å². The number of hydrogen-bond donors (Lipinski definition) is 0. The number of carbonyl (C=O) groups is 1. The Kier molecular flexibility index (Phi) is 6.21. The van der Waals surface area contributed by atoms with Crippen LogP contribution in [0, 0.1) is 0 Å². The third kappa shape index (κ3) is 4.29. The van der Waals surface area contributed by atoms with Gasteiger partial charge >= 0.3 is 5.97 Å². The molecule has 3 aromatic rings. The number of hydrogen-bond acceptors (Lipinski definition) is 2. The van der Waals surface area contributed by atoms with Crippen LogP contribution in [0.2, 0.25) is 0 Å². The van der Waals surface area contributed by atoms with E-state index in [9.17, 15) is 4.79 Å². The van der Waals surface area contributed by atoms with Crippen molar-refractivity contribution < 1.29 is 9.53 Å². The van der Waals surface area contributed by atoms with E-state index in [-0.39, 0.29) is 5.97 Å². The first-order valence-corrected chi connectivity index (χ1v) is 11.5. The molecule has 0 amide bonds. The van der Waals surface area contributed by atoms with E-state index in [0.29, 0.717) is 0 Å². The van der Waals surface area contributed by atoms with Gasteiger partial charge in [-0.25, -0.2) is 4.79 Å². The third-order valence-electron chi connectivity index (χ3n) is 5.02. The van der Waals surface area contributed by atoms with Gasteiger partial charge < -0.3 is 4.74 Å². The van der Waals surface area contributed by atoms with Crippen LogP contribution in [-0.4, -0.2) is 17.4 Å². The fourth-order valence-corrected chi connectivity index (χ4v) is 6.83. The molecule has 0 bridgehead atoms. The zero-order valence-corrected chi connectivity index (χ0v) is 17.6. The summed E-state index contributed by atoms with van der Waals surface area (Å²) in [5, 5.41) is 3.41. The van der Waals surface area contributed by atoms with E-state index in [2.05, 4.69) is 36.4 Å². The maximum absolute atomic E-state index is 13.1. The maximum atomic E-state index is 13.1. The molecule has 0 aliphatic heterocycles. The number of rotatable bonds is 6. The van der Waals surface area contributed by atoms with Crippen molar-refractivity contribution >= 4 is 34.6 Å². The second-order valence-electron chi connectivity index (χ2n) is 7.39. The monoisotopic (exact) mass is 390 g/mol. The van der Waals surface area contributed by atoms with Crippen LogP contribution >= 0.6 is 6.89 Å². The summed E-state index contributed by atoms with van der Waals surface area (Å²) in [4.78, 5) is 13.1. The largest absolute Gasteiger partial charge is 0.456 e. The Morgan fingerprint density at radius 2 is 1.14 bits per heavy atom. The molecule has 0 fully saturated rings. The van der Waals surface area contributed by atoms with E-state index >= 15 is 0 Å². The second kappa shape index (κ2) is 8.63. The van der Waals surface area contributed by atoms with Crippen molar-refractivity contribution in [2.75, 3.05) is 0 Å². The van der Waals surface area contributed by atoms with Crippen LogP contribution in [0.15, 0.2) is 91.0 Å². The highest BCUT2D eigenvalue weighted by atomic mass is 31.2. The molecule has 0 atom stereocenters. The van der Waals surface area contributed by atoms with Crippen molar-refractivity contribution in [1.82, 2.24) is 0 Å². The molecule has 0 radical (unpaired) electrons. The average molecular weight is 390 g/mol. The quantitative estimate of drug-likeness (QED) is 0.457. The van der Waals surface area contributed by atoms with Gasteiger partial charge in [0.25, 0.3) is 0 Å². The van der Waals surface area contributed by atoms with E-state index < -0.39 is 12.5 Å². The molecule has 0 aliphatic carbocycles. The van der Waals surface area contributed by atoms with Crippen molar-refractivity contribution in [3.63, 3.8) is 0 Å². The summed E-state index contributed by atoms with van der Waals surface area (Å²) < 4.78 is 5.84. The molecule has 0 N–H and O–H groups in total. The highest BCUT2D eigenvalue weighted by Crippen LogP contribution is 2.43. The Morgan fingerprint density at radius 1 is 0.786 bits per heavy atom. The molecule has 3 rings (SSSR count). The molecule has 0 unspecified atom stereocenters. The minimum absolute atomic E-state index is 0.267. The van der Waals surface area contributed by atoms with E-state index in [1.165, 1.54) is 0 Å². The van der Waals surface area contributed by atoms with Crippen molar-refractivity contribution in [2.45, 2.75) is 32.8 Å². The molecule has 3 heteroatoms. The zero-order valence-electron chi connectivity index (χ0n) is 16.7. The van der Waals surface area contributed by atoms with Gasteiger partial charge in [0, 0.05) is 5.80 Å². The van der Waals surface area contributed by atoms with Gasteiger partial charge in [-0.05, 0) is 43.1 Å². The molecule has 144 valence electrons. The fourth-order valence-electron chi connectivity index (χ4n) is 3.19. The van der Waals surface area contributed by atoms with Gasteiger partial charge in [0.15, 0.2) is 0 Å². The van der Waals surface area contributed by atoms with Crippen LogP contribution in [0.1, 0.15) is 27.2 Å². The van der Waals surface area contributed by atoms with E-state index in [0.717, 1.165) is 22.3 Å². The summed E-state index contributed by atoms with van der Waals surface area (Å²) in [6.07, 6.45) is 0.764. The summed E-state index contributed by atoms with van der Waals surface area (Å²) in [5.74, 6) is 1.57. The molecule has 0 aromatic heterocycles. The summed E-state index contributed by atoms with van der Waals surface area (Å²) in [7, 11) is 0. The van der Waals surface area contributed by atoms with Gasteiger partial charge in [0.05, 0.1) is 0 Å². The standard InChI is InChI=1S/C25H27O2P/c1-4-25(2,3)27-24(26)20-28(21-14-8-5-9-15-21,22-16-10-6-11-17-22)23-18-12-7-13-19-23/h5-20H,4H2,1-3H3. The lowest BCUT2D eigenvalue weighted by molar-refractivity contribution is -0.147. The lowest BCUT2D eigenvalue weighted by Gasteiger charge is -2.29. The van der Waals surface area contributed by atoms with Crippen molar-refractivity contribution in [3.8, 4) is 0 Å². The highest BCUT2D eigenvalue weighted by Gasteiger charge is 2.28. The fraction of sp³-hybridized carbons (Fsp3) is 0.200. The Labute approximate surface area is 168 Å². The Hall–Kier alpha value is -2.57. The average Bonchev–Trinajstić information content (AvgIpc) is 2.73. The van der Waals surface area contributed by atoms with E-state index in [1.54, 1.807) is 0 Å². The van der Waals surface area contributed by atoms with Gasteiger partial charge in [-0.3, -0.25) is 0 Å². The molecule has 0 spiro atoms. The highest BCUT2D eigenvalue weighted by molar-refractivity contribution is 7.95. The number of carbonyl (C=O) groups excluding carboxylic acids is 1. The summed E-state index contributed by atoms with van der Waals surface area (Å²) >= 11 is 0. The van der Waals surface area contributed by atoms with Crippen LogP contribution in [0.25, 0.3) is 0 Å². The first kappa shape index (κ1) is 20.2. The van der Waals surface area contributed by atoms with Gasteiger partial charge in [-0.15, -0.1) is 0 Å². The normalized spacial score (nSPS) is 11.7. The third-order valence-corrected chi connectivity index (χ3v) is 8.95. The Bertz CT molecular complexity index is 858. The SMILES string of the molecule is CCC(C)(C)OC(=O)C=P(c1ccccc1)(c1ccccc1)c1ccccc1. The van der Waals surface area contributed by atoms with Crippen molar-refractivity contribution in [3.05, 3.63) is 91.0 Å². The van der Waals surface area contributed by atoms with Crippen LogP contribution in [-0.2, 0) is 9.53 Å². The number of ether oxygens (including phenoxy) is 1. The smallest absolute Gasteiger partial charge is 0.332 e. The molecular weight excluding hydrogens is 363 g/mol. The van der Waals surface area contributed by atoms with Crippen LogP contribution in [0.5, 0.6) is 0 Å². The molecule has 0 aliphatic rings. The maximum Gasteiger partial charge on any atom is 0.332 e.